The normalized spacial score (nSPS) is 20.7. The fourth-order valence-electron chi connectivity index (χ4n) is 2.97. The van der Waals surface area contributed by atoms with Gasteiger partial charge in [-0.1, -0.05) is 24.3 Å². The minimum Gasteiger partial charge on any atom is -0.481 e. The van der Waals surface area contributed by atoms with Gasteiger partial charge in [0.25, 0.3) is 0 Å². The largest absolute Gasteiger partial charge is 0.481 e. The van der Waals surface area contributed by atoms with E-state index in [0.29, 0.717) is 0 Å². The molecule has 3 atom stereocenters. The standard InChI is InChI=1S/C18H19NO4/c1-11-5-2-3-6-12(11)15(10-17(20)21)19-18(22)14-9-13(14)16-7-4-8-23-16/h2-8,13-15H,9-10H2,1H3,(H,19,22)(H,20,21)/t13-,14-,15-/m0/s1. The maximum absolute atomic E-state index is 12.4. The molecule has 1 heterocycles. The van der Waals surface area contributed by atoms with Gasteiger partial charge in [-0.25, -0.2) is 0 Å². The van der Waals surface area contributed by atoms with Gasteiger partial charge >= 0.3 is 5.97 Å². The van der Waals surface area contributed by atoms with Crippen molar-refractivity contribution in [2.45, 2.75) is 31.7 Å². The molecule has 0 aliphatic heterocycles. The third kappa shape index (κ3) is 3.44. The third-order valence-electron chi connectivity index (χ3n) is 4.29. The van der Waals surface area contributed by atoms with E-state index in [-0.39, 0.29) is 24.2 Å². The molecule has 1 saturated carbocycles. The van der Waals surface area contributed by atoms with E-state index in [4.69, 9.17) is 9.52 Å². The summed E-state index contributed by atoms with van der Waals surface area (Å²) in [5.74, 6) is -0.262. The molecule has 0 saturated heterocycles. The van der Waals surface area contributed by atoms with Gasteiger partial charge in [-0.3, -0.25) is 9.59 Å². The number of amides is 1. The van der Waals surface area contributed by atoms with Crippen molar-refractivity contribution in [3.8, 4) is 0 Å². The molecule has 5 nitrogen and oxygen atoms in total. The number of nitrogens with one attached hydrogen (secondary N) is 1. The second-order valence-electron chi connectivity index (χ2n) is 5.98. The summed E-state index contributed by atoms with van der Waals surface area (Å²) in [5.41, 5.74) is 1.82. The van der Waals surface area contributed by atoms with Crippen molar-refractivity contribution >= 4 is 11.9 Å². The molecule has 1 fully saturated rings. The SMILES string of the molecule is Cc1ccccc1[C@H](CC(=O)O)NC(=O)[C@H]1C[C@@H]1c1ccco1. The van der Waals surface area contributed by atoms with Crippen LogP contribution < -0.4 is 5.32 Å². The lowest BCUT2D eigenvalue weighted by Gasteiger charge is -2.19. The van der Waals surface area contributed by atoms with Crippen LogP contribution in [-0.4, -0.2) is 17.0 Å². The molecule has 1 aliphatic carbocycles. The van der Waals surface area contributed by atoms with Crippen LogP contribution in [0.4, 0.5) is 0 Å². The molecular weight excluding hydrogens is 294 g/mol. The average molecular weight is 313 g/mol. The molecule has 2 N–H and O–H groups in total. The quantitative estimate of drug-likeness (QED) is 0.859. The number of hydrogen-bond acceptors (Lipinski definition) is 3. The molecule has 0 unspecified atom stereocenters. The van der Waals surface area contributed by atoms with Crippen molar-refractivity contribution < 1.29 is 19.1 Å². The highest BCUT2D eigenvalue weighted by Gasteiger charge is 2.46. The Bertz CT molecular complexity index is 708. The topological polar surface area (TPSA) is 79.5 Å². The van der Waals surface area contributed by atoms with E-state index >= 15 is 0 Å². The fourth-order valence-corrected chi connectivity index (χ4v) is 2.97. The summed E-state index contributed by atoms with van der Waals surface area (Å²) in [6.45, 7) is 1.92. The summed E-state index contributed by atoms with van der Waals surface area (Å²) >= 11 is 0. The molecule has 120 valence electrons. The maximum atomic E-state index is 12.4. The first-order valence-electron chi connectivity index (χ1n) is 7.67. The Hall–Kier alpha value is -2.56. The lowest BCUT2D eigenvalue weighted by molar-refractivity contribution is -0.137. The van der Waals surface area contributed by atoms with Crippen LogP contribution in [-0.2, 0) is 9.59 Å². The molecule has 1 amide bonds. The van der Waals surface area contributed by atoms with Gasteiger partial charge in [-0.05, 0) is 36.6 Å². The molecule has 0 spiro atoms. The average Bonchev–Trinajstić information content (AvgIpc) is 3.13. The van der Waals surface area contributed by atoms with Gasteiger partial charge in [-0.2, -0.15) is 0 Å². The van der Waals surface area contributed by atoms with Crippen LogP contribution in [0.3, 0.4) is 0 Å². The van der Waals surface area contributed by atoms with Crippen molar-refractivity contribution in [3.05, 3.63) is 59.5 Å². The Morgan fingerprint density at radius 2 is 2.09 bits per heavy atom. The first kappa shape index (κ1) is 15.3. The van der Waals surface area contributed by atoms with Crippen LogP contribution in [0, 0.1) is 12.8 Å². The van der Waals surface area contributed by atoms with E-state index in [0.717, 1.165) is 23.3 Å². The molecular formula is C18H19NO4. The van der Waals surface area contributed by atoms with Crippen molar-refractivity contribution in [2.24, 2.45) is 5.92 Å². The summed E-state index contributed by atoms with van der Waals surface area (Å²) in [6, 6.07) is 10.7. The molecule has 23 heavy (non-hydrogen) atoms. The first-order valence-corrected chi connectivity index (χ1v) is 7.67. The third-order valence-corrected chi connectivity index (χ3v) is 4.29. The van der Waals surface area contributed by atoms with E-state index in [2.05, 4.69) is 5.32 Å². The summed E-state index contributed by atoms with van der Waals surface area (Å²) in [6.07, 6.45) is 2.21. The lowest BCUT2D eigenvalue weighted by atomic mass is 9.98. The van der Waals surface area contributed by atoms with E-state index in [1.54, 1.807) is 6.26 Å². The van der Waals surface area contributed by atoms with Gasteiger partial charge in [0.15, 0.2) is 0 Å². The number of benzene rings is 1. The number of carboxylic acids is 1. The Morgan fingerprint density at radius 3 is 2.74 bits per heavy atom. The van der Waals surface area contributed by atoms with Gasteiger partial charge in [0.1, 0.15) is 5.76 Å². The van der Waals surface area contributed by atoms with Crippen molar-refractivity contribution in [2.75, 3.05) is 0 Å². The van der Waals surface area contributed by atoms with Gasteiger partial charge in [0, 0.05) is 11.8 Å². The van der Waals surface area contributed by atoms with Gasteiger partial charge in [-0.15, -0.1) is 0 Å². The van der Waals surface area contributed by atoms with Crippen LogP contribution in [0.1, 0.15) is 41.7 Å². The number of carbonyl (C=O) groups is 2. The molecule has 1 aromatic carbocycles. The van der Waals surface area contributed by atoms with E-state index in [1.807, 2.05) is 43.3 Å². The highest BCUT2D eigenvalue weighted by atomic mass is 16.4. The van der Waals surface area contributed by atoms with Gasteiger partial charge < -0.3 is 14.8 Å². The van der Waals surface area contributed by atoms with Crippen LogP contribution in [0.5, 0.6) is 0 Å². The number of aliphatic carboxylic acids is 1. The van der Waals surface area contributed by atoms with Crippen LogP contribution in [0.15, 0.2) is 47.1 Å². The molecule has 5 heteroatoms. The Balaban J connectivity index is 1.71. The van der Waals surface area contributed by atoms with E-state index in [1.165, 1.54) is 0 Å². The number of aryl methyl sites for hydroxylation is 1. The predicted molar refractivity (Wildman–Crippen MR) is 83.9 cm³/mol. The van der Waals surface area contributed by atoms with Crippen LogP contribution in [0.2, 0.25) is 0 Å². The number of carboxylic acid groups (broad SMARTS) is 1. The number of rotatable bonds is 6. The molecule has 1 aromatic heterocycles. The molecule has 1 aliphatic rings. The first-order chi connectivity index (χ1) is 11.1. The lowest BCUT2D eigenvalue weighted by Crippen LogP contribution is -2.32. The highest BCUT2D eigenvalue weighted by molar-refractivity contribution is 5.83. The highest BCUT2D eigenvalue weighted by Crippen LogP contribution is 2.48. The smallest absolute Gasteiger partial charge is 0.305 e. The number of hydrogen-bond donors (Lipinski definition) is 2. The van der Waals surface area contributed by atoms with Crippen LogP contribution >= 0.6 is 0 Å². The van der Waals surface area contributed by atoms with Gasteiger partial charge in [0.05, 0.1) is 18.7 Å². The van der Waals surface area contributed by atoms with Crippen molar-refractivity contribution in [3.63, 3.8) is 0 Å². The Morgan fingerprint density at radius 1 is 1.30 bits per heavy atom. The summed E-state index contributed by atoms with van der Waals surface area (Å²) in [5, 5.41) is 12.0. The zero-order chi connectivity index (χ0) is 16.4. The second-order valence-corrected chi connectivity index (χ2v) is 5.98. The number of furan rings is 1. The Kier molecular flexibility index (Phi) is 4.19. The van der Waals surface area contributed by atoms with E-state index in [9.17, 15) is 9.59 Å². The zero-order valence-electron chi connectivity index (χ0n) is 12.9. The number of carbonyl (C=O) groups excluding carboxylic acids is 1. The Labute approximate surface area is 134 Å². The molecule has 0 radical (unpaired) electrons. The predicted octanol–water partition coefficient (Wildman–Crippen LogP) is 3.02. The van der Waals surface area contributed by atoms with Gasteiger partial charge in [0.2, 0.25) is 5.91 Å². The van der Waals surface area contributed by atoms with Crippen LogP contribution in [0.25, 0.3) is 0 Å². The van der Waals surface area contributed by atoms with Crippen molar-refractivity contribution in [1.82, 2.24) is 5.32 Å². The summed E-state index contributed by atoms with van der Waals surface area (Å²) in [7, 11) is 0. The monoisotopic (exact) mass is 313 g/mol. The molecule has 3 rings (SSSR count). The minimum atomic E-state index is -0.933. The zero-order valence-corrected chi connectivity index (χ0v) is 12.9. The molecule has 0 bridgehead atoms. The fraction of sp³-hybridized carbons (Fsp3) is 0.333. The van der Waals surface area contributed by atoms with Crippen molar-refractivity contribution in [1.29, 1.82) is 0 Å². The summed E-state index contributed by atoms with van der Waals surface area (Å²) in [4.78, 5) is 23.6. The summed E-state index contributed by atoms with van der Waals surface area (Å²) < 4.78 is 5.34. The molecule has 2 aromatic rings. The van der Waals surface area contributed by atoms with E-state index < -0.39 is 12.0 Å². The minimum absolute atomic E-state index is 0.104. The second kappa shape index (κ2) is 6.28. The maximum Gasteiger partial charge on any atom is 0.305 e.